The van der Waals surface area contributed by atoms with Crippen LogP contribution < -0.4 is 4.74 Å². The number of amides is 2. The molecule has 1 fully saturated rings. The summed E-state index contributed by atoms with van der Waals surface area (Å²) in [5, 5.41) is 0. The van der Waals surface area contributed by atoms with Gasteiger partial charge in [-0.2, -0.15) is 0 Å². The van der Waals surface area contributed by atoms with Gasteiger partial charge in [0.15, 0.2) is 0 Å². The highest BCUT2D eigenvalue weighted by Crippen LogP contribution is 2.17. The second kappa shape index (κ2) is 10.9. The van der Waals surface area contributed by atoms with E-state index in [1.165, 1.54) is 18.1 Å². The smallest absolute Gasteiger partial charge is 0.249 e. The summed E-state index contributed by atoms with van der Waals surface area (Å²) in [5.74, 6) is -0.0955. The van der Waals surface area contributed by atoms with Crippen LogP contribution in [0.4, 0.5) is 4.39 Å². The normalized spacial score (nSPS) is 16.9. The molecule has 1 atom stereocenters. The topological polar surface area (TPSA) is 68.3 Å². The summed E-state index contributed by atoms with van der Waals surface area (Å²) in [7, 11) is 3.02. The van der Waals surface area contributed by atoms with E-state index in [1.807, 2.05) is 24.3 Å². The van der Waals surface area contributed by atoms with Gasteiger partial charge in [-0.3, -0.25) is 9.59 Å². The number of halogens is 1. The Bertz CT molecular complexity index is 890. The Hall–Kier alpha value is -2.97. The van der Waals surface area contributed by atoms with Crippen molar-refractivity contribution in [2.75, 3.05) is 40.5 Å². The molecule has 0 N–H and O–H groups in total. The standard InChI is InChI=1S/C23H27FN2O5/c1-29-16-23(28)26-13-20(31-15-18-5-3-4-6-21(18)24)12-25(22(27)14-26)11-17-7-9-19(30-2)10-8-17/h3-10,20H,11-16H2,1-2H3. The van der Waals surface area contributed by atoms with Crippen LogP contribution in [-0.2, 0) is 32.2 Å². The largest absolute Gasteiger partial charge is 0.497 e. The van der Waals surface area contributed by atoms with Crippen LogP contribution in [0.3, 0.4) is 0 Å². The van der Waals surface area contributed by atoms with Gasteiger partial charge in [0.25, 0.3) is 0 Å². The Labute approximate surface area is 181 Å². The molecule has 1 heterocycles. The Morgan fingerprint density at radius 2 is 1.84 bits per heavy atom. The van der Waals surface area contributed by atoms with E-state index in [4.69, 9.17) is 14.2 Å². The van der Waals surface area contributed by atoms with Gasteiger partial charge in [0.1, 0.15) is 18.2 Å². The summed E-state index contributed by atoms with van der Waals surface area (Å²) in [6.07, 6.45) is -0.467. The minimum absolute atomic E-state index is 0.0498. The minimum Gasteiger partial charge on any atom is -0.497 e. The molecular formula is C23H27FN2O5. The van der Waals surface area contributed by atoms with Crippen molar-refractivity contribution < 1.29 is 28.2 Å². The van der Waals surface area contributed by atoms with Crippen molar-refractivity contribution in [3.05, 3.63) is 65.5 Å². The van der Waals surface area contributed by atoms with Crippen LogP contribution in [-0.4, -0.2) is 68.2 Å². The fourth-order valence-corrected chi connectivity index (χ4v) is 3.42. The summed E-state index contributed by atoms with van der Waals surface area (Å²) in [5.41, 5.74) is 1.35. The van der Waals surface area contributed by atoms with Gasteiger partial charge < -0.3 is 24.0 Å². The highest BCUT2D eigenvalue weighted by Gasteiger charge is 2.31. The number of methoxy groups -OCH3 is 2. The van der Waals surface area contributed by atoms with Crippen molar-refractivity contribution in [2.45, 2.75) is 19.3 Å². The molecule has 3 rings (SSSR count). The first-order valence-corrected chi connectivity index (χ1v) is 10.0. The Morgan fingerprint density at radius 3 is 2.52 bits per heavy atom. The average molecular weight is 430 g/mol. The number of carbonyl (C=O) groups is 2. The molecule has 0 aromatic heterocycles. The average Bonchev–Trinajstić information content (AvgIpc) is 2.93. The molecule has 166 valence electrons. The van der Waals surface area contributed by atoms with E-state index < -0.39 is 6.10 Å². The molecule has 0 aliphatic carbocycles. The molecule has 1 unspecified atom stereocenters. The Morgan fingerprint density at radius 1 is 1.10 bits per heavy atom. The fourth-order valence-electron chi connectivity index (χ4n) is 3.42. The summed E-state index contributed by atoms with van der Waals surface area (Å²) in [6, 6.07) is 13.8. The molecule has 1 saturated heterocycles. The van der Waals surface area contributed by atoms with E-state index in [0.717, 1.165) is 11.3 Å². The van der Waals surface area contributed by atoms with E-state index >= 15 is 0 Å². The highest BCUT2D eigenvalue weighted by molar-refractivity contribution is 5.86. The molecule has 31 heavy (non-hydrogen) atoms. The van der Waals surface area contributed by atoms with Gasteiger partial charge >= 0.3 is 0 Å². The molecule has 8 heteroatoms. The first-order valence-electron chi connectivity index (χ1n) is 10.0. The van der Waals surface area contributed by atoms with Crippen LogP contribution in [0.15, 0.2) is 48.5 Å². The Kier molecular flexibility index (Phi) is 7.97. The Balaban J connectivity index is 1.74. The third-order valence-corrected chi connectivity index (χ3v) is 5.11. The van der Waals surface area contributed by atoms with Crippen LogP contribution in [0.1, 0.15) is 11.1 Å². The van der Waals surface area contributed by atoms with Gasteiger partial charge in [-0.25, -0.2) is 4.39 Å². The monoisotopic (exact) mass is 430 g/mol. The second-order valence-electron chi connectivity index (χ2n) is 7.35. The summed E-state index contributed by atoms with van der Waals surface area (Å²) >= 11 is 0. The number of benzene rings is 2. The van der Waals surface area contributed by atoms with Crippen molar-refractivity contribution in [3.63, 3.8) is 0 Å². The molecule has 0 bridgehead atoms. The van der Waals surface area contributed by atoms with E-state index in [2.05, 4.69) is 0 Å². The lowest BCUT2D eigenvalue weighted by Crippen LogP contribution is -2.41. The van der Waals surface area contributed by atoms with Gasteiger partial charge in [0.2, 0.25) is 11.8 Å². The quantitative estimate of drug-likeness (QED) is 0.643. The van der Waals surface area contributed by atoms with Gasteiger partial charge in [-0.15, -0.1) is 0 Å². The van der Waals surface area contributed by atoms with Crippen molar-refractivity contribution in [1.82, 2.24) is 9.80 Å². The number of nitrogens with zero attached hydrogens (tertiary/aromatic N) is 2. The molecule has 2 aromatic carbocycles. The molecule has 0 radical (unpaired) electrons. The van der Waals surface area contributed by atoms with Crippen LogP contribution in [0.25, 0.3) is 0 Å². The van der Waals surface area contributed by atoms with Crippen LogP contribution >= 0.6 is 0 Å². The van der Waals surface area contributed by atoms with Gasteiger partial charge in [0, 0.05) is 32.3 Å². The minimum atomic E-state index is -0.467. The zero-order valence-electron chi connectivity index (χ0n) is 17.8. The summed E-state index contributed by atoms with van der Waals surface area (Å²) in [6.45, 7) is 0.754. The molecule has 1 aliphatic heterocycles. The summed E-state index contributed by atoms with van der Waals surface area (Å²) in [4.78, 5) is 28.4. The van der Waals surface area contributed by atoms with E-state index in [9.17, 15) is 14.0 Å². The maximum Gasteiger partial charge on any atom is 0.249 e. The number of hydrogen-bond acceptors (Lipinski definition) is 5. The number of ether oxygens (including phenoxy) is 3. The van der Waals surface area contributed by atoms with Crippen molar-refractivity contribution >= 4 is 11.8 Å². The van der Waals surface area contributed by atoms with E-state index in [-0.39, 0.29) is 50.5 Å². The van der Waals surface area contributed by atoms with Crippen molar-refractivity contribution in [1.29, 1.82) is 0 Å². The molecule has 2 amide bonds. The van der Waals surface area contributed by atoms with Crippen LogP contribution in [0, 0.1) is 5.82 Å². The van der Waals surface area contributed by atoms with Crippen LogP contribution in [0.5, 0.6) is 5.75 Å². The number of rotatable bonds is 8. The lowest BCUT2D eigenvalue weighted by molar-refractivity contribution is -0.141. The molecule has 2 aromatic rings. The first kappa shape index (κ1) is 22.7. The molecule has 7 nitrogen and oxygen atoms in total. The van der Waals surface area contributed by atoms with Crippen molar-refractivity contribution in [2.24, 2.45) is 0 Å². The number of hydrogen-bond donors (Lipinski definition) is 0. The number of carbonyl (C=O) groups excluding carboxylic acids is 2. The third-order valence-electron chi connectivity index (χ3n) is 5.11. The fraction of sp³-hybridized carbons (Fsp3) is 0.391. The van der Waals surface area contributed by atoms with Crippen LogP contribution in [0.2, 0.25) is 0 Å². The lowest BCUT2D eigenvalue weighted by atomic mass is 10.2. The predicted octanol–water partition coefficient (Wildman–Crippen LogP) is 2.24. The lowest BCUT2D eigenvalue weighted by Gasteiger charge is -2.25. The molecular weight excluding hydrogens is 403 g/mol. The molecule has 0 saturated carbocycles. The van der Waals surface area contributed by atoms with E-state index in [1.54, 1.807) is 30.2 Å². The molecule has 1 aliphatic rings. The summed E-state index contributed by atoms with van der Waals surface area (Å²) < 4.78 is 30.1. The van der Waals surface area contributed by atoms with E-state index in [0.29, 0.717) is 12.1 Å². The maximum atomic E-state index is 14.0. The molecule has 0 spiro atoms. The van der Waals surface area contributed by atoms with Gasteiger partial charge in [0.05, 0.1) is 26.4 Å². The van der Waals surface area contributed by atoms with Gasteiger partial charge in [-0.1, -0.05) is 30.3 Å². The first-order chi connectivity index (χ1) is 15.0. The highest BCUT2D eigenvalue weighted by atomic mass is 19.1. The van der Waals surface area contributed by atoms with Gasteiger partial charge in [-0.05, 0) is 23.8 Å². The third kappa shape index (κ3) is 6.26. The SMILES string of the molecule is COCC(=O)N1CC(=O)N(Cc2ccc(OC)cc2)CC(OCc2ccccc2F)C1. The maximum absolute atomic E-state index is 14.0. The second-order valence-corrected chi connectivity index (χ2v) is 7.35. The van der Waals surface area contributed by atoms with Crippen molar-refractivity contribution in [3.8, 4) is 5.75 Å². The zero-order chi connectivity index (χ0) is 22.2. The predicted molar refractivity (Wildman–Crippen MR) is 112 cm³/mol. The zero-order valence-corrected chi connectivity index (χ0v) is 17.8.